The molecule has 0 bridgehead atoms. The normalized spacial score (nSPS) is 24.3. The van der Waals surface area contributed by atoms with Crippen LogP contribution >= 0.6 is 0 Å². The van der Waals surface area contributed by atoms with Crippen molar-refractivity contribution < 1.29 is 38.9 Å². The van der Waals surface area contributed by atoms with Crippen molar-refractivity contribution in [1.29, 1.82) is 0 Å². The van der Waals surface area contributed by atoms with Crippen molar-refractivity contribution >= 4 is 29.5 Å². The first-order valence-electron chi connectivity index (χ1n) is 23.5. The number of rotatable bonds is 11. The van der Waals surface area contributed by atoms with Crippen LogP contribution in [-0.4, -0.2) is 70.3 Å². The van der Waals surface area contributed by atoms with Gasteiger partial charge in [0, 0.05) is 12.1 Å². The van der Waals surface area contributed by atoms with Crippen molar-refractivity contribution in [1.82, 2.24) is 15.5 Å². The molecule has 1 spiro atoms. The molecule has 5 aromatic rings. The molecule has 4 N–H and O–H groups in total. The first kappa shape index (κ1) is 46.1. The Morgan fingerprint density at radius 1 is 0.853 bits per heavy atom. The molecular weight excluding hydrogens is 857 g/mol. The van der Waals surface area contributed by atoms with Gasteiger partial charge in [0.2, 0.25) is 11.8 Å². The van der Waals surface area contributed by atoms with Gasteiger partial charge in [0.15, 0.2) is 0 Å². The van der Waals surface area contributed by atoms with Gasteiger partial charge in [-0.3, -0.25) is 19.3 Å². The first-order valence-corrected chi connectivity index (χ1v) is 23.5. The fraction of sp³-hybridized carbons (Fsp3) is 0.321. The van der Waals surface area contributed by atoms with E-state index in [0.29, 0.717) is 40.8 Å². The van der Waals surface area contributed by atoms with Crippen molar-refractivity contribution in [2.45, 2.75) is 86.7 Å². The third-order valence-corrected chi connectivity index (χ3v) is 13.9. The van der Waals surface area contributed by atoms with Crippen LogP contribution in [0.2, 0.25) is 0 Å². The molecule has 9 rings (SSSR count). The molecule has 2 saturated heterocycles. The average Bonchev–Trinajstić information content (AvgIpc) is 3.70. The molecule has 0 radical (unpaired) electrons. The average molecular weight is 913 g/mol. The summed E-state index contributed by atoms with van der Waals surface area (Å²) in [6, 6.07) is 36.0. The van der Waals surface area contributed by atoms with E-state index in [9.17, 15) is 10.2 Å². The van der Waals surface area contributed by atoms with Crippen LogP contribution in [0.5, 0.6) is 5.75 Å². The number of carbonyl (C=O) groups excluding carboxylic acids is 4. The second kappa shape index (κ2) is 19.7. The minimum atomic E-state index is -2.03. The zero-order valence-corrected chi connectivity index (χ0v) is 38.1. The number of nitrogens with one attached hydrogen (secondary N) is 2. The Bertz CT molecular complexity index is 2730. The number of hydrogen-bond acceptors (Lipinski definition) is 9. The molecule has 7 unspecified atom stereocenters. The van der Waals surface area contributed by atoms with E-state index in [0.717, 1.165) is 41.7 Å². The number of esters is 1. The number of aliphatic hydroxyl groups excluding tert-OH is 1. The lowest BCUT2D eigenvalue weighted by molar-refractivity contribution is -0.178. The van der Waals surface area contributed by atoms with Crippen LogP contribution in [-0.2, 0) is 24.5 Å². The Labute approximate surface area is 397 Å². The van der Waals surface area contributed by atoms with Gasteiger partial charge < -0.3 is 30.3 Å². The number of aliphatic hydroxyl groups is 2. The highest BCUT2D eigenvalue weighted by atomic mass is 16.6. The Morgan fingerprint density at radius 2 is 1.51 bits per heavy atom. The van der Waals surface area contributed by atoms with Gasteiger partial charge in [0.1, 0.15) is 35.5 Å². The van der Waals surface area contributed by atoms with E-state index in [-0.39, 0.29) is 25.4 Å². The van der Waals surface area contributed by atoms with E-state index in [1.165, 1.54) is 6.08 Å². The second-order valence-corrected chi connectivity index (χ2v) is 18.1. The molecule has 3 aliphatic heterocycles. The van der Waals surface area contributed by atoms with Crippen LogP contribution < -0.4 is 20.3 Å². The molecule has 4 aliphatic rings. The topological polar surface area (TPSA) is 158 Å². The molecule has 1 saturated carbocycles. The van der Waals surface area contributed by atoms with Crippen molar-refractivity contribution in [2.24, 2.45) is 5.92 Å². The van der Waals surface area contributed by atoms with Crippen LogP contribution in [0.1, 0.15) is 103 Å². The van der Waals surface area contributed by atoms with E-state index in [2.05, 4.69) is 29.1 Å². The van der Waals surface area contributed by atoms with E-state index >= 15 is 19.2 Å². The predicted molar refractivity (Wildman–Crippen MR) is 257 cm³/mol. The number of ether oxygens (including phenoxy) is 2. The summed E-state index contributed by atoms with van der Waals surface area (Å²) in [6.07, 6.45) is 5.33. The largest absolute Gasteiger partial charge is 0.491 e. The SMILES string of the molecule is C=CCNC(=O)C1C2C(=O)OC(c3ccccc3)C(c3ccccc3)N2C(c2cccc(OCCO)c2)C12C(=O)N(C(=O)NC(C)c1ccccc1)c1ccc(C#CC3(O)CCCCCC3)cc12. The number of amides is 4. The van der Waals surface area contributed by atoms with Gasteiger partial charge in [-0.05, 0) is 90.8 Å². The molecular formula is C56H56N4O8. The Balaban J connectivity index is 1.34. The van der Waals surface area contributed by atoms with Gasteiger partial charge in [0.05, 0.1) is 36.3 Å². The third kappa shape index (κ3) is 8.47. The zero-order valence-electron chi connectivity index (χ0n) is 38.1. The number of anilines is 1. The predicted octanol–water partition coefficient (Wildman–Crippen LogP) is 7.93. The number of morpholine rings is 1. The molecule has 7 atom stereocenters. The maximum absolute atomic E-state index is 16.6. The van der Waals surface area contributed by atoms with Crippen LogP contribution in [0, 0.1) is 17.8 Å². The number of hydrogen-bond donors (Lipinski definition) is 4. The monoisotopic (exact) mass is 912 g/mol. The van der Waals surface area contributed by atoms with Crippen LogP contribution in [0.25, 0.3) is 0 Å². The highest BCUT2D eigenvalue weighted by Crippen LogP contribution is 2.66. The third-order valence-electron chi connectivity index (χ3n) is 13.9. The first-order chi connectivity index (χ1) is 33.1. The van der Waals surface area contributed by atoms with Crippen LogP contribution in [0.15, 0.2) is 146 Å². The van der Waals surface area contributed by atoms with Gasteiger partial charge in [-0.25, -0.2) is 9.69 Å². The van der Waals surface area contributed by atoms with Gasteiger partial charge in [0.25, 0.3) is 0 Å². The van der Waals surface area contributed by atoms with Gasteiger partial charge in [-0.2, -0.15) is 0 Å². The maximum Gasteiger partial charge on any atom is 0.329 e. The summed E-state index contributed by atoms with van der Waals surface area (Å²) in [5, 5.41) is 27.5. The Kier molecular flexibility index (Phi) is 13.3. The lowest BCUT2D eigenvalue weighted by atomic mass is 9.65. The highest BCUT2D eigenvalue weighted by Gasteiger charge is 2.75. The van der Waals surface area contributed by atoms with Gasteiger partial charge in [-0.15, -0.1) is 6.58 Å². The summed E-state index contributed by atoms with van der Waals surface area (Å²) in [5.41, 5.74) is 0.498. The van der Waals surface area contributed by atoms with E-state index in [4.69, 9.17) is 9.47 Å². The number of benzene rings is 5. The number of urea groups is 1. The number of carbonyl (C=O) groups is 4. The molecule has 5 aromatic carbocycles. The molecule has 68 heavy (non-hydrogen) atoms. The molecule has 1 aliphatic carbocycles. The summed E-state index contributed by atoms with van der Waals surface area (Å²) < 4.78 is 12.6. The quantitative estimate of drug-likeness (QED) is 0.0447. The summed E-state index contributed by atoms with van der Waals surface area (Å²) in [7, 11) is 0. The summed E-state index contributed by atoms with van der Waals surface area (Å²) in [5.74, 6) is 3.21. The number of nitrogens with zero attached hydrogens (tertiary/aromatic N) is 2. The van der Waals surface area contributed by atoms with Crippen molar-refractivity contribution in [3.05, 3.63) is 179 Å². The molecule has 3 heterocycles. The van der Waals surface area contributed by atoms with Crippen molar-refractivity contribution in [3.63, 3.8) is 0 Å². The van der Waals surface area contributed by atoms with Crippen LogP contribution in [0.4, 0.5) is 10.5 Å². The summed E-state index contributed by atoms with van der Waals surface area (Å²) >= 11 is 0. The van der Waals surface area contributed by atoms with Crippen molar-refractivity contribution in [2.75, 3.05) is 24.7 Å². The van der Waals surface area contributed by atoms with Crippen molar-refractivity contribution in [3.8, 4) is 17.6 Å². The smallest absolute Gasteiger partial charge is 0.329 e. The highest BCUT2D eigenvalue weighted by molar-refractivity contribution is 6.24. The van der Waals surface area contributed by atoms with E-state index < -0.39 is 71.0 Å². The summed E-state index contributed by atoms with van der Waals surface area (Å²) in [4.78, 5) is 65.5. The maximum atomic E-state index is 16.6. The van der Waals surface area contributed by atoms with E-state index in [1.54, 1.807) is 36.4 Å². The molecule has 348 valence electrons. The molecule has 12 heteroatoms. The Hall–Kier alpha value is -7.04. The minimum Gasteiger partial charge on any atom is -0.491 e. The Morgan fingerprint density at radius 3 is 2.19 bits per heavy atom. The minimum absolute atomic E-state index is 0.0149. The lowest BCUT2D eigenvalue weighted by Gasteiger charge is -2.46. The number of imide groups is 1. The molecule has 3 fully saturated rings. The molecule has 4 amide bonds. The zero-order chi connectivity index (χ0) is 47.4. The van der Waals surface area contributed by atoms with E-state index in [1.807, 2.05) is 109 Å². The van der Waals surface area contributed by atoms with Crippen LogP contribution in [0.3, 0.4) is 0 Å². The standard InChI is InChI=1S/C56H56N4O8/c1-3-32-57-51(62)46-48-52(63)68-49(41-22-13-8-14-23-41)47(40-20-11-7-12-21-40)60(48)50(42-24-17-25-43(36-42)67-34-33-61)56(46)44-35-38(28-31-55(66)29-15-4-5-16-30-55)26-27-45(44)59(53(56)64)54(65)58-37(2)39-18-9-6-10-19-39/h3,6-14,17-27,35-37,46-50,61,66H,1,4-5,15-16,29-30,32-34H2,2H3,(H,57,62)(H,58,65). The second-order valence-electron chi connectivity index (χ2n) is 18.1. The van der Waals surface area contributed by atoms with Gasteiger partial charge in [-0.1, -0.05) is 134 Å². The lowest BCUT2D eigenvalue weighted by Crippen LogP contribution is -2.56. The molecule has 0 aromatic heterocycles. The summed E-state index contributed by atoms with van der Waals surface area (Å²) in [6.45, 7) is 5.41. The van der Waals surface area contributed by atoms with Gasteiger partial charge >= 0.3 is 12.0 Å². The fourth-order valence-electron chi connectivity index (χ4n) is 10.9. The fourth-order valence-corrected chi connectivity index (χ4v) is 10.9. The number of cyclic esters (lactones) is 1. The number of fused-ring (bicyclic) bond motifs is 3. The molecule has 12 nitrogen and oxygen atoms in total.